The van der Waals surface area contributed by atoms with Crippen LogP contribution in [0.25, 0.3) is 0 Å². The monoisotopic (exact) mass is 166 g/mol. The molecule has 1 fully saturated rings. The van der Waals surface area contributed by atoms with Crippen molar-refractivity contribution in [2.24, 2.45) is 17.3 Å². The molecule has 2 nitrogen and oxygen atoms in total. The van der Waals surface area contributed by atoms with Crippen LogP contribution in [0.1, 0.15) is 26.7 Å². The van der Waals surface area contributed by atoms with Gasteiger partial charge in [0.25, 0.3) is 0 Å². The van der Waals surface area contributed by atoms with Gasteiger partial charge in [0.1, 0.15) is 0 Å². The van der Waals surface area contributed by atoms with Crippen molar-refractivity contribution in [3.63, 3.8) is 0 Å². The number of allylic oxidation sites excluding steroid dienone is 2. The Hall–Kier alpha value is -0.790. The first-order valence-electron chi connectivity index (χ1n) is 4.45. The summed E-state index contributed by atoms with van der Waals surface area (Å²) in [6, 6.07) is 0. The first-order chi connectivity index (χ1) is 5.53. The molecule has 2 aliphatic rings. The summed E-state index contributed by atoms with van der Waals surface area (Å²) in [5.41, 5.74) is 1.36. The Bertz CT molecular complexity index is 267. The predicted molar refractivity (Wildman–Crippen MR) is 45.7 cm³/mol. The highest BCUT2D eigenvalue weighted by molar-refractivity contribution is 5.72. The molecule has 2 heteroatoms. The van der Waals surface area contributed by atoms with Crippen molar-refractivity contribution in [1.82, 2.24) is 0 Å². The second kappa shape index (κ2) is 2.12. The molecule has 0 unspecified atom stereocenters. The minimum Gasteiger partial charge on any atom is -0.481 e. The lowest BCUT2D eigenvalue weighted by Crippen LogP contribution is -2.27. The van der Waals surface area contributed by atoms with Crippen molar-refractivity contribution in [3.05, 3.63) is 11.6 Å². The van der Waals surface area contributed by atoms with Gasteiger partial charge in [0.2, 0.25) is 0 Å². The van der Waals surface area contributed by atoms with E-state index in [0.29, 0.717) is 5.92 Å². The number of carbonyl (C=O) groups is 1. The standard InChI is InChI=1S/C10H14O2/c1-6-4-10(2)5-7(6)3-8(10)9(11)12/h4,7-8H,3,5H2,1-2H3,(H,11,12)/t7-,8-,10-/m1/s1. The molecule has 0 spiro atoms. The van der Waals surface area contributed by atoms with Gasteiger partial charge in [0.15, 0.2) is 0 Å². The topological polar surface area (TPSA) is 37.3 Å². The number of carboxylic acid groups (broad SMARTS) is 1. The normalized spacial score (nSPS) is 44.7. The lowest BCUT2D eigenvalue weighted by Gasteiger charge is -2.25. The largest absolute Gasteiger partial charge is 0.481 e. The molecule has 1 saturated carbocycles. The van der Waals surface area contributed by atoms with Gasteiger partial charge < -0.3 is 5.11 Å². The minimum absolute atomic E-state index is 0.0411. The van der Waals surface area contributed by atoms with Crippen LogP contribution in [0, 0.1) is 17.3 Å². The summed E-state index contributed by atoms with van der Waals surface area (Å²) in [4.78, 5) is 10.9. The third-order valence-corrected chi connectivity index (χ3v) is 3.50. The fourth-order valence-corrected chi connectivity index (χ4v) is 2.84. The maximum atomic E-state index is 10.9. The van der Waals surface area contributed by atoms with Gasteiger partial charge in [-0.1, -0.05) is 18.6 Å². The molecule has 3 atom stereocenters. The summed E-state index contributed by atoms with van der Waals surface area (Å²) >= 11 is 0. The molecule has 2 rings (SSSR count). The van der Waals surface area contributed by atoms with E-state index in [1.165, 1.54) is 5.57 Å². The second-order valence-corrected chi connectivity index (χ2v) is 4.42. The van der Waals surface area contributed by atoms with E-state index in [1.807, 2.05) is 0 Å². The maximum absolute atomic E-state index is 10.9. The smallest absolute Gasteiger partial charge is 0.307 e. The fourth-order valence-electron chi connectivity index (χ4n) is 2.84. The lowest BCUT2D eigenvalue weighted by atomic mass is 9.79. The Morgan fingerprint density at radius 2 is 2.42 bits per heavy atom. The van der Waals surface area contributed by atoms with Crippen LogP contribution in [0.2, 0.25) is 0 Å². The molecule has 1 N–H and O–H groups in total. The van der Waals surface area contributed by atoms with E-state index in [9.17, 15) is 4.79 Å². The quantitative estimate of drug-likeness (QED) is 0.605. The summed E-state index contributed by atoms with van der Waals surface area (Å²) in [5, 5.41) is 8.96. The van der Waals surface area contributed by atoms with Crippen molar-refractivity contribution in [2.45, 2.75) is 26.7 Å². The van der Waals surface area contributed by atoms with E-state index in [2.05, 4.69) is 19.9 Å². The van der Waals surface area contributed by atoms with E-state index < -0.39 is 5.97 Å². The molecule has 66 valence electrons. The minimum atomic E-state index is -0.622. The number of fused-ring (bicyclic) bond motifs is 2. The van der Waals surface area contributed by atoms with Crippen molar-refractivity contribution < 1.29 is 9.90 Å². The zero-order valence-electron chi connectivity index (χ0n) is 7.50. The van der Waals surface area contributed by atoms with E-state index >= 15 is 0 Å². The number of hydrogen-bond acceptors (Lipinski definition) is 1. The molecular weight excluding hydrogens is 152 g/mol. The van der Waals surface area contributed by atoms with Gasteiger partial charge in [-0.25, -0.2) is 0 Å². The fraction of sp³-hybridized carbons (Fsp3) is 0.700. The average Bonchev–Trinajstić information content (AvgIpc) is 2.38. The Labute approximate surface area is 72.3 Å². The molecule has 2 bridgehead atoms. The van der Waals surface area contributed by atoms with Gasteiger partial charge in [0, 0.05) is 0 Å². The molecule has 0 aromatic rings. The van der Waals surface area contributed by atoms with Gasteiger partial charge in [-0.05, 0) is 31.1 Å². The Morgan fingerprint density at radius 3 is 2.75 bits per heavy atom. The van der Waals surface area contributed by atoms with Crippen LogP contribution >= 0.6 is 0 Å². The lowest BCUT2D eigenvalue weighted by molar-refractivity contribution is -0.144. The number of aliphatic carboxylic acids is 1. The molecule has 0 saturated heterocycles. The van der Waals surface area contributed by atoms with Crippen LogP contribution < -0.4 is 0 Å². The predicted octanol–water partition coefficient (Wildman–Crippen LogP) is 2.06. The summed E-state index contributed by atoms with van der Waals surface area (Å²) in [7, 11) is 0. The van der Waals surface area contributed by atoms with Crippen LogP contribution in [-0.4, -0.2) is 11.1 Å². The SMILES string of the molecule is CC1=C[C@]2(C)C[C@H]1C[C@@H]2C(=O)O. The van der Waals surface area contributed by atoms with Gasteiger partial charge >= 0.3 is 5.97 Å². The third kappa shape index (κ3) is 0.838. The molecule has 12 heavy (non-hydrogen) atoms. The highest BCUT2D eigenvalue weighted by Gasteiger charge is 2.50. The first kappa shape index (κ1) is 7.84. The molecule has 0 heterocycles. The van der Waals surface area contributed by atoms with Crippen molar-refractivity contribution in [3.8, 4) is 0 Å². The van der Waals surface area contributed by atoms with Crippen molar-refractivity contribution in [1.29, 1.82) is 0 Å². The highest BCUT2D eigenvalue weighted by Crippen LogP contribution is 2.55. The molecular formula is C10H14O2. The average molecular weight is 166 g/mol. The molecule has 0 aromatic carbocycles. The summed E-state index contributed by atoms with van der Waals surface area (Å²) in [6.45, 7) is 4.19. The zero-order valence-corrected chi connectivity index (χ0v) is 7.50. The van der Waals surface area contributed by atoms with E-state index in [4.69, 9.17) is 5.11 Å². The highest BCUT2D eigenvalue weighted by atomic mass is 16.4. The summed E-state index contributed by atoms with van der Waals surface area (Å²) < 4.78 is 0. The van der Waals surface area contributed by atoms with Crippen LogP contribution in [-0.2, 0) is 4.79 Å². The van der Waals surface area contributed by atoms with Gasteiger partial charge in [0.05, 0.1) is 5.92 Å². The number of carboxylic acids is 1. The Kier molecular flexibility index (Phi) is 1.39. The molecule has 0 amide bonds. The van der Waals surface area contributed by atoms with Gasteiger partial charge in [-0.3, -0.25) is 4.79 Å². The molecule has 2 aliphatic carbocycles. The van der Waals surface area contributed by atoms with Crippen LogP contribution in [0.15, 0.2) is 11.6 Å². The maximum Gasteiger partial charge on any atom is 0.307 e. The molecule has 0 aromatic heterocycles. The van der Waals surface area contributed by atoms with Crippen LogP contribution in [0.4, 0.5) is 0 Å². The first-order valence-corrected chi connectivity index (χ1v) is 4.45. The number of rotatable bonds is 1. The van der Waals surface area contributed by atoms with E-state index in [-0.39, 0.29) is 11.3 Å². The second-order valence-electron chi connectivity index (χ2n) is 4.42. The Balaban J connectivity index is 2.32. The van der Waals surface area contributed by atoms with Crippen LogP contribution in [0.3, 0.4) is 0 Å². The van der Waals surface area contributed by atoms with E-state index in [1.54, 1.807) is 0 Å². The summed E-state index contributed by atoms with van der Waals surface area (Å²) in [5.74, 6) is -0.203. The zero-order chi connectivity index (χ0) is 8.93. The Morgan fingerprint density at radius 1 is 1.75 bits per heavy atom. The van der Waals surface area contributed by atoms with Crippen molar-refractivity contribution in [2.75, 3.05) is 0 Å². The van der Waals surface area contributed by atoms with Gasteiger partial charge in [-0.15, -0.1) is 0 Å². The summed E-state index contributed by atoms with van der Waals surface area (Å²) in [6.07, 6.45) is 4.07. The third-order valence-electron chi connectivity index (χ3n) is 3.50. The van der Waals surface area contributed by atoms with Crippen molar-refractivity contribution >= 4 is 5.97 Å². The number of hydrogen-bond donors (Lipinski definition) is 1. The molecule has 0 radical (unpaired) electrons. The van der Waals surface area contributed by atoms with Crippen LogP contribution in [0.5, 0.6) is 0 Å². The molecule has 0 aliphatic heterocycles. The van der Waals surface area contributed by atoms with Gasteiger partial charge in [-0.2, -0.15) is 0 Å². The van der Waals surface area contributed by atoms with E-state index in [0.717, 1.165) is 12.8 Å².